The molecule has 0 saturated heterocycles. The third-order valence-electron chi connectivity index (χ3n) is 2.33. The molecular formula is C13H9F2NO3. The van der Waals surface area contributed by atoms with E-state index in [1.807, 2.05) is 0 Å². The smallest absolute Gasteiger partial charge is 0.337 e. The van der Waals surface area contributed by atoms with E-state index in [4.69, 9.17) is 9.84 Å². The van der Waals surface area contributed by atoms with Gasteiger partial charge in [0.2, 0.25) is 0 Å². The lowest BCUT2D eigenvalue weighted by molar-refractivity contribution is 0.0693. The van der Waals surface area contributed by atoms with Crippen LogP contribution < -0.4 is 4.74 Å². The van der Waals surface area contributed by atoms with Gasteiger partial charge < -0.3 is 9.84 Å². The van der Waals surface area contributed by atoms with Gasteiger partial charge in [0.1, 0.15) is 24.0 Å². The van der Waals surface area contributed by atoms with E-state index in [1.165, 1.54) is 18.3 Å². The molecule has 0 aliphatic heterocycles. The summed E-state index contributed by atoms with van der Waals surface area (Å²) < 4.78 is 31.0. The highest BCUT2D eigenvalue weighted by molar-refractivity contribution is 5.88. The number of hydrogen-bond donors (Lipinski definition) is 1. The number of aromatic carboxylic acids is 1. The van der Waals surface area contributed by atoms with Crippen molar-refractivity contribution in [1.29, 1.82) is 0 Å². The molecule has 0 radical (unpaired) electrons. The van der Waals surface area contributed by atoms with E-state index in [1.54, 1.807) is 0 Å². The zero-order valence-corrected chi connectivity index (χ0v) is 9.64. The summed E-state index contributed by atoms with van der Waals surface area (Å²) in [7, 11) is 0. The minimum Gasteiger partial charge on any atom is -0.487 e. The first-order chi connectivity index (χ1) is 9.06. The molecule has 0 bridgehead atoms. The Labute approximate surface area is 107 Å². The molecule has 4 nitrogen and oxygen atoms in total. The fraction of sp³-hybridized carbons (Fsp3) is 0.0769. The van der Waals surface area contributed by atoms with Crippen molar-refractivity contribution < 1.29 is 23.4 Å². The van der Waals surface area contributed by atoms with Crippen LogP contribution in [0.5, 0.6) is 5.75 Å². The highest BCUT2D eigenvalue weighted by atomic mass is 19.1. The van der Waals surface area contributed by atoms with Crippen LogP contribution in [0.2, 0.25) is 0 Å². The van der Waals surface area contributed by atoms with Crippen molar-refractivity contribution in [3.05, 3.63) is 59.4 Å². The number of benzene rings is 1. The second kappa shape index (κ2) is 5.43. The number of carboxylic acid groups (broad SMARTS) is 1. The molecule has 1 aromatic heterocycles. The van der Waals surface area contributed by atoms with Crippen LogP contribution in [0, 0.1) is 11.6 Å². The summed E-state index contributed by atoms with van der Waals surface area (Å²) in [5.41, 5.74) is 0.166. The highest BCUT2D eigenvalue weighted by Crippen LogP contribution is 2.17. The maximum atomic E-state index is 12.9. The fourth-order valence-electron chi connectivity index (χ4n) is 1.51. The first-order valence-corrected chi connectivity index (χ1v) is 5.32. The molecule has 0 unspecified atom stereocenters. The molecule has 2 aromatic rings. The highest BCUT2D eigenvalue weighted by Gasteiger charge is 2.11. The van der Waals surface area contributed by atoms with Gasteiger partial charge in [-0.2, -0.15) is 0 Å². The first kappa shape index (κ1) is 12.9. The van der Waals surface area contributed by atoms with Gasteiger partial charge in [0.15, 0.2) is 0 Å². The van der Waals surface area contributed by atoms with E-state index in [9.17, 15) is 13.6 Å². The van der Waals surface area contributed by atoms with Crippen LogP contribution >= 0.6 is 0 Å². The van der Waals surface area contributed by atoms with E-state index in [0.717, 1.165) is 18.2 Å². The molecule has 0 saturated carbocycles. The molecule has 1 heterocycles. The van der Waals surface area contributed by atoms with Crippen molar-refractivity contribution in [1.82, 2.24) is 4.98 Å². The van der Waals surface area contributed by atoms with Crippen LogP contribution in [-0.4, -0.2) is 16.1 Å². The molecule has 2 rings (SSSR count). The predicted molar refractivity (Wildman–Crippen MR) is 61.9 cm³/mol. The molecule has 98 valence electrons. The summed E-state index contributed by atoms with van der Waals surface area (Å²) >= 11 is 0. The van der Waals surface area contributed by atoms with Crippen molar-refractivity contribution in [2.24, 2.45) is 0 Å². The quantitative estimate of drug-likeness (QED) is 0.923. The monoisotopic (exact) mass is 265 g/mol. The van der Waals surface area contributed by atoms with Crippen LogP contribution in [0.25, 0.3) is 0 Å². The number of carbonyl (C=O) groups is 1. The van der Waals surface area contributed by atoms with E-state index in [2.05, 4.69) is 4.98 Å². The second-order valence-electron chi connectivity index (χ2n) is 3.70. The molecule has 0 aliphatic rings. The Morgan fingerprint density at radius 1 is 1.26 bits per heavy atom. The lowest BCUT2D eigenvalue weighted by Crippen LogP contribution is -2.07. The molecule has 1 N–H and O–H groups in total. The Hall–Kier alpha value is -2.50. The predicted octanol–water partition coefficient (Wildman–Crippen LogP) is 2.64. The number of hydrogen-bond acceptors (Lipinski definition) is 3. The molecule has 0 aliphatic carbocycles. The molecule has 0 atom stereocenters. The molecular weight excluding hydrogens is 256 g/mol. The van der Waals surface area contributed by atoms with Gasteiger partial charge in [0.05, 0.1) is 11.3 Å². The Morgan fingerprint density at radius 2 is 1.95 bits per heavy atom. The normalized spacial score (nSPS) is 10.2. The van der Waals surface area contributed by atoms with Crippen molar-refractivity contribution in [2.45, 2.75) is 6.61 Å². The topological polar surface area (TPSA) is 59.4 Å². The van der Waals surface area contributed by atoms with Crippen LogP contribution in [0.1, 0.15) is 16.1 Å². The zero-order valence-electron chi connectivity index (χ0n) is 9.64. The lowest BCUT2D eigenvalue weighted by Gasteiger charge is -2.08. The molecule has 19 heavy (non-hydrogen) atoms. The summed E-state index contributed by atoms with van der Waals surface area (Å²) in [4.78, 5) is 14.8. The van der Waals surface area contributed by atoms with Gasteiger partial charge in [-0.15, -0.1) is 0 Å². The number of ether oxygens (including phenoxy) is 1. The Balaban J connectivity index is 2.16. The summed E-state index contributed by atoms with van der Waals surface area (Å²) in [6, 6.07) is 5.59. The number of pyridine rings is 1. The molecule has 1 aromatic carbocycles. The Morgan fingerprint density at radius 3 is 2.58 bits per heavy atom. The zero-order chi connectivity index (χ0) is 13.8. The average Bonchev–Trinajstić information content (AvgIpc) is 2.35. The average molecular weight is 265 g/mol. The largest absolute Gasteiger partial charge is 0.487 e. The Kier molecular flexibility index (Phi) is 3.70. The second-order valence-corrected chi connectivity index (χ2v) is 3.70. The first-order valence-electron chi connectivity index (χ1n) is 5.32. The number of nitrogens with zero attached hydrogens (tertiary/aromatic N) is 1. The van der Waals surface area contributed by atoms with E-state index in [0.29, 0.717) is 0 Å². The van der Waals surface area contributed by atoms with Crippen LogP contribution in [-0.2, 0) is 6.61 Å². The van der Waals surface area contributed by atoms with Crippen molar-refractivity contribution in [2.75, 3.05) is 0 Å². The lowest BCUT2D eigenvalue weighted by atomic mass is 10.2. The van der Waals surface area contributed by atoms with E-state index >= 15 is 0 Å². The van der Waals surface area contributed by atoms with Gasteiger partial charge in [-0.3, -0.25) is 4.98 Å². The van der Waals surface area contributed by atoms with Gasteiger partial charge in [-0.1, -0.05) is 0 Å². The van der Waals surface area contributed by atoms with Crippen LogP contribution in [0.3, 0.4) is 0 Å². The standard InChI is InChI=1S/C13H9F2NO3/c14-8-4-9(15)6-10(5-8)19-7-12-11(13(17)18)2-1-3-16-12/h1-6H,7H2,(H,17,18). The maximum Gasteiger partial charge on any atom is 0.337 e. The minimum atomic E-state index is -1.14. The number of aromatic nitrogens is 1. The SMILES string of the molecule is O=C(O)c1cccnc1COc1cc(F)cc(F)c1. The van der Waals surface area contributed by atoms with Gasteiger partial charge >= 0.3 is 5.97 Å². The van der Waals surface area contributed by atoms with Crippen molar-refractivity contribution in [3.8, 4) is 5.75 Å². The summed E-state index contributed by atoms with van der Waals surface area (Å²) in [5, 5.41) is 8.94. The van der Waals surface area contributed by atoms with Crippen LogP contribution in [0.15, 0.2) is 36.5 Å². The van der Waals surface area contributed by atoms with E-state index < -0.39 is 17.6 Å². The maximum absolute atomic E-state index is 12.9. The molecule has 0 fully saturated rings. The van der Waals surface area contributed by atoms with Crippen LogP contribution in [0.4, 0.5) is 8.78 Å². The van der Waals surface area contributed by atoms with Gasteiger partial charge in [-0.25, -0.2) is 13.6 Å². The number of halogens is 2. The van der Waals surface area contributed by atoms with Crippen molar-refractivity contribution >= 4 is 5.97 Å². The number of rotatable bonds is 4. The number of carboxylic acids is 1. The van der Waals surface area contributed by atoms with Gasteiger partial charge in [0.25, 0.3) is 0 Å². The minimum absolute atomic E-state index is 0.0145. The summed E-state index contributed by atoms with van der Waals surface area (Å²) in [5.74, 6) is -2.71. The summed E-state index contributed by atoms with van der Waals surface area (Å²) in [6.07, 6.45) is 1.41. The summed E-state index contributed by atoms with van der Waals surface area (Å²) in [6.45, 7) is -0.189. The third kappa shape index (κ3) is 3.25. The third-order valence-corrected chi connectivity index (χ3v) is 2.33. The van der Waals surface area contributed by atoms with E-state index in [-0.39, 0.29) is 23.6 Å². The van der Waals surface area contributed by atoms with Crippen molar-refractivity contribution in [3.63, 3.8) is 0 Å². The fourth-order valence-corrected chi connectivity index (χ4v) is 1.51. The molecule has 0 amide bonds. The molecule has 6 heteroatoms. The van der Waals surface area contributed by atoms with Gasteiger partial charge in [0, 0.05) is 24.4 Å². The Bertz CT molecular complexity index is 596. The van der Waals surface area contributed by atoms with Gasteiger partial charge in [-0.05, 0) is 12.1 Å². The molecule has 0 spiro atoms.